The molecule has 0 saturated carbocycles. The highest BCUT2D eigenvalue weighted by Gasteiger charge is 2.43. The van der Waals surface area contributed by atoms with Crippen LogP contribution in [0.25, 0.3) is 10.9 Å². The molecular formula is C26H22N2O4S. The number of Topliss-reactive ketones (excluding diaryl/α,β-unsaturated/α-hetero) is 1. The highest BCUT2D eigenvalue weighted by Crippen LogP contribution is 2.39. The number of aliphatic hydroxyl groups is 1. The monoisotopic (exact) mass is 458 g/mol. The maximum absolute atomic E-state index is 13.3. The summed E-state index contributed by atoms with van der Waals surface area (Å²) in [7, 11) is 1.63. The zero-order chi connectivity index (χ0) is 22.9. The highest BCUT2D eigenvalue weighted by molar-refractivity contribution is 7.12. The van der Waals surface area contributed by atoms with Crippen molar-refractivity contribution in [2.45, 2.75) is 12.5 Å². The van der Waals surface area contributed by atoms with Crippen molar-refractivity contribution in [1.29, 1.82) is 0 Å². The van der Waals surface area contributed by atoms with Crippen molar-refractivity contribution in [2.75, 3.05) is 13.7 Å². The van der Waals surface area contributed by atoms with Crippen LogP contribution in [0.4, 0.5) is 0 Å². The van der Waals surface area contributed by atoms with E-state index in [-0.39, 0.29) is 11.4 Å². The van der Waals surface area contributed by atoms with Crippen LogP contribution in [0.3, 0.4) is 0 Å². The number of rotatable bonds is 7. The Bertz CT molecular complexity index is 1360. The second-order valence-electron chi connectivity index (χ2n) is 7.86. The minimum atomic E-state index is -0.645. The zero-order valence-electron chi connectivity index (χ0n) is 17.9. The van der Waals surface area contributed by atoms with Crippen LogP contribution in [-0.2, 0) is 11.2 Å². The molecule has 6 nitrogen and oxygen atoms in total. The Morgan fingerprint density at radius 2 is 1.97 bits per heavy atom. The molecule has 7 heteroatoms. The Hall–Kier alpha value is -3.84. The van der Waals surface area contributed by atoms with E-state index in [1.54, 1.807) is 24.1 Å². The number of hydrogen-bond acceptors (Lipinski definition) is 5. The number of nitrogens with one attached hydrogen (secondary N) is 1. The minimum Gasteiger partial charge on any atom is -0.503 e. The third-order valence-electron chi connectivity index (χ3n) is 6.01. The van der Waals surface area contributed by atoms with Gasteiger partial charge in [-0.25, -0.2) is 0 Å². The van der Waals surface area contributed by atoms with Crippen LogP contribution in [-0.4, -0.2) is 40.3 Å². The SMILES string of the molecule is COc1ccc2[nH]cc(CCN3C(=O)C(O)=C(C(=O)c4cccs4)[C@H]3c3ccccc3)c2c1. The van der Waals surface area contributed by atoms with E-state index in [0.717, 1.165) is 27.8 Å². The summed E-state index contributed by atoms with van der Waals surface area (Å²) in [6.45, 7) is 0.341. The molecule has 2 N–H and O–H groups in total. The Morgan fingerprint density at radius 1 is 1.15 bits per heavy atom. The van der Waals surface area contributed by atoms with Crippen LogP contribution >= 0.6 is 11.3 Å². The number of aromatic nitrogens is 1. The molecule has 2 aromatic heterocycles. The van der Waals surface area contributed by atoms with Crippen molar-refractivity contribution in [3.63, 3.8) is 0 Å². The maximum atomic E-state index is 13.3. The minimum absolute atomic E-state index is 0.134. The standard InChI is InChI=1S/C26H22N2O4S/c1-32-18-9-10-20-19(14-18)17(15-27-20)11-12-28-23(16-6-3-2-4-7-16)22(25(30)26(28)31)24(29)21-8-5-13-33-21/h2-10,13-15,23,27,30H,11-12H2,1H3/t23-/m1/s1. The van der Waals surface area contributed by atoms with Gasteiger partial charge in [-0.15, -0.1) is 11.3 Å². The first-order chi connectivity index (χ1) is 16.1. The fraction of sp³-hybridized carbons (Fsp3) is 0.154. The van der Waals surface area contributed by atoms with E-state index < -0.39 is 17.7 Å². The molecule has 2 aromatic carbocycles. The van der Waals surface area contributed by atoms with Crippen molar-refractivity contribution in [3.05, 3.63) is 99.6 Å². The van der Waals surface area contributed by atoms with Crippen LogP contribution in [0, 0.1) is 0 Å². The molecule has 33 heavy (non-hydrogen) atoms. The van der Waals surface area contributed by atoms with Crippen LogP contribution in [0.2, 0.25) is 0 Å². The number of fused-ring (bicyclic) bond motifs is 1. The summed E-state index contributed by atoms with van der Waals surface area (Å²) in [4.78, 5) is 31.7. The topological polar surface area (TPSA) is 82.6 Å². The molecule has 0 spiro atoms. The summed E-state index contributed by atoms with van der Waals surface area (Å²) in [6.07, 6.45) is 2.48. The van der Waals surface area contributed by atoms with Crippen LogP contribution in [0.1, 0.15) is 26.8 Å². The molecule has 0 radical (unpaired) electrons. The number of amides is 1. The van der Waals surface area contributed by atoms with Crippen molar-refractivity contribution in [2.24, 2.45) is 0 Å². The Labute approximate surface area is 194 Å². The number of carbonyl (C=O) groups is 2. The number of thiophene rings is 1. The van der Waals surface area contributed by atoms with Crippen LogP contribution in [0.5, 0.6) is 5.75 Å². The number of hydrogen-bond donors (Lipinski definition) is 2. The molecule has 0 saturated heterocycles. The number of ketones is 1. The third kappa shape index (κ3) is 3.70. The molecule has 0 aliphatic carbocycles. The van der Waals surface area contributed by atoms with E-state index >= 15 is 0 Å². The van der Waals surface area contributed by atoms with Gasteiger partial charge in [0.15, 0.2) is 5.76 Å². The smallest absolute Gasteiger partial charge is 0.290 e. The number of methoxy groups -OCH3 is 1. The fourth-order valence-electron chi connectivity index (χ4n) is 4.37. The van der Waals surface area contributed by atoms with Gasteiger partial charge in [0.1, 0.15) is 5.75 Å². The van der Waals surface area contributed by atoms with Gasteiger partial charge in [-0.3, -0.25) is 9.59 Å². The normalized spacial score (nSPS) is 16.1. The Balaban J connectivity index is 1.49. The van der Waals surface area contributed by atoms with Gasteiger partial charge in [0.05, 0.1) is 23.6 Å². The van der Waals surface area contributed by atoms with Gasteiger partial charge < -0.3 is 19.7 Å². The first-order valence-electron chi connectivity index (χ1n) is 10.6. The van der Waals surface area contributed by atoms with Crippen molar-refractivity contribution in [1.82, 2.24) is 9.88 Å². The molecule has 1 aliphatic heterocycles. The average Bonchev–Trinajstić information content (AvgIpc) is 3.57. The molecule has 1 aliphatic rings. The lowest BCUT2D eigenvalue weighted by Crippen LogP contribution is -2.33. The molecule has 0 bridgehead atoms. The second-order valence-corrected chi connectivity index (χ2v) is 8.80. The van der Waals surface area contributed by atoms with Gasteiger partial charge in [-0.2, -0.15) is 0 Å². The molecular weight excluding hydrogens is 436 g/mol. The lowest BCUT2D eigenvalue weighted by molar-refractivity contribution is -0.129. The van der Waals surface area contributed by atoms with Gasteiger partial charge in [0.25, 0.3) is 5.91 Å². The van der Waals surface area contributed by atoms with Gasteiger partial charge in [0, 0.05) is 23.6 Å². The first kappa shape index (κ1) is 21.0. The third-order valence-corrected chi connectivity index (χ3v) is 6.87. The van der Waals surface area contributed by atoms with Gasteiger partial charge >= 0.3 is 0 Å². The highest BCUT2D eigenvalue weighted by atomic mass is 32.1. The zero-order valence-corrected chi connectivity index (χ0v) is 18.8. The number of aromatic amines is 1. The molecule has 166 valence electrons. The molecule has 5 rings (SSSR count). The van der Waals surface area contributed by atoms with E-state index in [1.807, 2.05) is 60.1 Å². The summed E-state index contributed by atoms with van der Waals surface area (Å²) in [5, 5.41) is 13.6. The number of aliphatic hydroxyl groups excluding tert-OH is 1. The molecule has 3 heterocycles. The maximum Gasteiger partial charge on any atom is 0.290 e. The van der Waals surface area contributed by atoms with E-state index in [9.17, 15) is 14.7 Å². The average molecular weight is 459 g/mol. The van der Waals surface area contributed by atoms with E-state index in [2.05, 4.69) is 4.98 Å². The second kappa shape index (κ2) is 8.60. The van der Waals surface area contributed by atoms with Crippen LogP contribution < -0.4 is 4.74 Å². The number of nitrogens with zero attached hydrogens (tertiary/aromatic N) is 1. The van der Waals surface area contributed by atoms with Gasteiger partial charge in [-0.05, 0) is 47.2 Å². The van der Waals surface area contributed by atoms with Crippen molar-refractivity contribution < 1.29 is 19.4 Å². The summed E-state index contributed by atoms with van der Waals surface area (Å²) in [5.74, 6) is -0.557. The summed E-state index contributed by atoms with van der Waals surface area (Å²) in [5.41, 5.74) is 2.93. The van der Waals surface area contributed by atoms with E-state index in [0.29, 0.717) is 17.8 Å². The van der Waals surface area contributed by atoms with Gasteiger partial charge in [-0.1, -0.05) is 36.4 Å². The largest absolute Gasteiger partial charge is 0.503 e. The summed E-state index contributed by atoms with van der Waals surface area (Å²) < 4.78 is 5.35. The predicted octanol–water partition coefficient (Wildman–Crippen LogP) is 5.06. The summed E-state index contributed by atoms with van der Waals surface area (Å²) in [6, 6.07) is 18.0. The number of H-pyrrole nitrogens is 1. The quantitative estimate of drug-likeness (QED) is 0.379. The molecule has 1 amide bonds. The Morgan fingerprint density at radius 3 is 2.70 bits per heavy atom. The molecule has 4 aromatic rings. The van der Waals surface area contributed by atoms with E-state index in [1.165, 1.54) is 11.3 Å². The lowest BCUT2D eigenvalue weighted by atomic mass is 9.95. The lowest BCUT2D eigenvalue weighted by Gasteiger charge is -2.26. The number of benzene rings is 2. The number of ether oxygens (including phenoxy) is 1. The molecule has 0 fully saturated rings. The Kier molecular flexibility index (Phi) is 5.48. The summed E-state index contributed by atoms with van der Waals surface area (Å²) >= 11 is 1.30. The van der Waals surface area contributed by atoms with E-state index in [4.69, 9.17) is 4.74 Å². The first-order valence-corrected chi connectivity index (χ1v) is 11.5. The predicted molar refractivity (Wildman–Crippen MR) is 128 cm³/mol. The van der Waals surface area contributed by atoms with Crippen LogP contribution in [0.15, 0.2) is 83.6 Å². The van der Waals surface area contributed by atoms with Gasteiger partial charge in [0.2, 0.25) is 5.78 Å². The van der Waals surface area contributed by atoms with Crippen molar-refractivity contribution >= 4 is 33.9 Å². The number of carbonyl (C=O) groups excluding carboxylic acids is 2. The molecule has 1 atom stereocenters. The molecule has 0 unspecified atom stereocenters. The van der Waals surface area contributed by atoms with Crippen molar-refractivity contribution in [3.8, 4) is 5.75 Å². The fourth-order valence-corrected chi connectivity index (χ4v) is 5.05.